The van der Waals surface area contributed by atoms with Gasteiger partial charge in [-0.15, -0.1) is 0 Å². The van der Waals surface area contributed by atoms with Gasteiger partial charge in [-0.25, -0.2) is 18.8 Å². The number of nitrogens with zero attached hydrogens (tertiary/aromatic N) is 3. The molecule has 1 aromatic heterocycles. The average molecular weight is 624 g/mol. The molecule has 0 spiro atoms. The van der Waals surface area contributed by atoms with Gasteiger partial charge in [-0.2, -0.15) is 4.68 Å². The van der Waals surface area contributed by atoms with Gasteiger partial charge >= 0.3 is 11.4 Å². The maximum Gasteiger partial charge on any atom is 0.354 e. The Morgan fingerprint density at radius 3 is 1.87 bits per heavy atom. The van der Waals surface area contributed by atoms with Gasteiger partial charge in [-0.1, -0.05) is 117 Å². The van der Waals surface area contributed by atoms with Crippen LogP contribution in [-0.2, 0) is 27.7 Å². The summed E-state index contributed by atoms with van der Waals surface area (Å²) < 4.78 is 2.89. The van der Waals surface area contributed by atoms with E-state index < -0.39 is 33.5 Å². The summed E-state index contributed by atoms with van der Waals surface area (Å²) in [5.74, 6) is -1.84. The third-order valence-corrected chi connectivity index (χ3v) is 7.77. The Morgan fingerprint density at radius 1 is 0.711 bits per heavy atom. The van der Waals surface area contributed by atoms with Crippen molar-refractivity contribution in [2.75, 3.05) is 10.6 Å². The van der Waals surface area contributed by atoms with E-state index in [0.717, 1.165) is 15.8 Å². The van der Waals surface area contributed by atoms with Crippen LogP contribution in [0.25, 0.3) is 5.69 Å². The van der Waals surface area contributed by atoms with Crippen molar-refractivity contribution < 1.29 is 9.59 Å². The minimum Gasteiger partial charge on any atom is -0.381 e. The second-order valence-electron chi connectivity index (χ2n) is 11.7. The number of ketones is 1. The predicted molar refractivity (Wildman–Crippen MR) is 177 cm³/mol. The summed E-state index contributed by atoms with van der Waals surface area (Å²) in [5.41, 5.74) is 0.153. The second-order valence-corrected chi connectivity index (χ2v) is 12.2. The number of rotatable bonds is 10. The zero-order chi connectivity index (χ0) is 32.2. The fourth-order valence-corrected chi connectivity index (χ4v) is 5.46. The number of alkyl halides is 1. The fraction of sp³-hybridized carbons (Fsp3) is 0.200. The fourth-order valence-electron chi connectivity index (χ4n) is 4.98. The van der Waals surface area contributed by atoms with E-state index in [1.54, 1.807) is 69.3 Å². The number of carbonyl (C=O) groups is 2. The molecule has 5 aromatic rings. The normalized spacial score (nSPS) is 12.7. The van der Waals surface area contributed by atoms with Gasteiger partial charge in [0.05, 0.1) is 12.2 Å². The summed E-state index contributed by atoms with van der Waals surface area (Å²) in [7, 11) is 0. The molecule has 45 heavy (non-hydrogen) atoms. The first-order valence-corrected chi connectivity index (χ1v) is 14.9. The number of aromatic nitrogens is 3. The molecule has 5 rings (SSSR count). The minimum atomic E-state index is -2.71. The molecule has 0 aliphatic heterocycles. The van der Waals surface area contributed by atoms with E-state index in [2.05, 4.69) is 10.6 Å². The lowest BCUT2D eigenvalue weighted by atomic mass is 9.85. The number of anilines is 2. The molecular weight excluding hydrogens is 590 g/mol. The minimum absolute atomic E-state index is 0.00969. The summed E-state index contributed by atoms with van der Waals surface area (Å²) in [4.78, 5) is 53.8. The molecule has 0 aliphatic carbocycles. The van der Waals surface area contributed by atoms with Gasteiger partial charge in [0.1, 0.15) is 0 Å². The number of Topliss-reactive ketones (excluding diaryl/α,β-unsaturated/α-hetero) is 1. The Labute approximate surface area is 265 Å². The van der Waals surface area contributed by atoms with Crippen LogP contribution >= 0.6 is 11.6 Å². The van der Waals surface area contributed by atoms with Crippen LogP contribution in [0.3, 0.4) is 0 Å². The summed E-state index contributed by atoms with van der Waals surface area (Å²) >= 11 is 7.03. The third kappa shape index (κ3) is 6.53. The zero-order valence-electron chi connectivity index (χ0n) is 25.2. The highest BCUT2D eigenvalue weighted by Crippen LogP contribution is 2.33. The van der Waals surface area contributed by atoms with Crippen LogP contribution < -0.4 is 22.0 Å². The lowest BCUT2D eigenvalue weighted by molar-refractivity contribution is -0.138. The maximum absolute atomic E-state index is 14.2. The molecule has 1 amide bonds. The number of benzene rings is 4. The lowest BCUT2D eigenvalue weighted by Gasteiger charge is -2.30. The number of halogens is 1. The molecule has 1 unspecified atom stereocenters. The van der Waals surface area contributed by atoms with Gasteiger partial charge in [0, 0.05) is 23.3 Å². The van der Waals surface area contributed by atoms with Crippen molar-refractivity contribution in [3.05, 3.63) is 147 Å². The first-order valence-electron chi connectivity index (χ1n) is 14.5. The van der Waals surface area contributed by atoms with Crippen molar-refractivity contribution >= 4 is 34.7 Å². The highest BCUT2D eigenvalue weighted by atomic mass is 35.5. The third-order valence-electron chi connectivity index (χ3n) is 7.25. The zero-order valence-corrected chi connectivity index (χ0v) is 26.0. The summed E-state index contributed by atoms with van der Waals surface area (Å²) in [6, 6.07) is 34.3. The van der Waals surface area contributed by atoms with Crippen molar-refractivity contribution in [2.45, 2.75) is 38.9 Å². The Morgan fingerprint density at radius 2 is 1.27 bits per heavy atom. The molecule has 0 radical (unpaired) electrons. The molecule has 9 nitrogen and oxygen atoms in total. The molecule has 0 saturated heterocycles. The number of hydrogen-bond acceptors (Lipinski definition) is 5. The van der Waals surface area contributed by atoms with Crippen LogP contribution in [0.1, 0.15) is 31.9 Å². The lowest BCUT2D eigenvalue weighted by Crippen LogP contribution is -2.58. The predicted octanol–water partition coefficient (Wildman–Crippen LogP) is 5.61. The average Bonchev–Trinajstić information content (AvgIpc) is 3.29. The Kier molecular flexibility index (Phi) is 8.92. The Balaban J connectivity index is 1.59. The number of hydrogen-bond donors (Lipinski definition) is 2. The topological polar surface area (TPSA) is 107 Å². The van der Waals surface area contributed by atoms with Gasteiger partial charge in [0.2, 0.25) is 0 Å². The molecule has 2 N–H and O–H groups in total. The standard InChI is InChI=1S/C35H34ClN5O4/c1-34(2,3)30(42)35(36,31(43)38-28-19-13-18-27(22-28)37-23-25-14-7-4-8-15-25)40-32(44)39(24-26-16-9-5-10-17-26)41(33(40)45)29-20-11-6-12-21-29/h4-22,37H,23-24H2,1-3H3,(H,38,43). The molecule has 1 atom stereocenters. The number of nitrogens with one attached hydrogen (secondary N) is 2. The summed E-state index contributed by atoms with van der Waals surface area (Å²) in [6.07, 6.45) is 0. The van der Waals surface area contributed by atoms with E-state index >= 15 is 0 Å². The van der Waals surface area contributed by atoms with E-state index in [-0.39, 0.29) is 6.54 Å². The number of para-hydroxylation sites is 1. The van der Waals surface area contributed by atoms with E-state index in [0.29, 0.717) is 28.2 Å². The van der Waals surface area contributed by atoms with E-state index in [1.165, 1.54) is 4.68 Å². The number of carbonyl (C=O) groups excluding carboxylic acids is 2. The molecule has 230 valence electrons. The van der Waals surface area contributed by atoms with Gasteiger partial charge in [0.25, 0.3) is 10.9 Å². The van der Waals surface area contributed by atoms with Crippen molar-refractivity contribution in [3.63, 3.8) is 0 Å². The largest absolute Gasteiger partial charge is 0.381 e. The van der Waals surface area contributed by atoms with E-state index in [4.69, 9.17) is 11.6 Å². The summed E-state index contributed by atoms with van der Waals surface area (Å²) in [5, 5.41) is 6.00. The second kappa shape index (κ2) is 12.8. The quantitative estimate of drug-likeness (QED) is 0.155. The van der Waals surface area contributed by atoms with Crippen molar-refractivity contribution in [2.24, 2.45) is 5.41 Å². The highest BCUT2D eigenvalue weighted by Gasteiger charge is 2.53. The molecule has 10 heteroatoms. The van der Waals surface area contributed by atoms with E-state index in [1.807, 2.05) is 66.7 Å². The number of amides is 1. The Bertz CT molecular complexity index is 1930. The van der Waals surface area contributed by atoms with Gasteiger partial charge in [-0.05, 0) is 41.5 Å². The van der Waals surface area contributed by atoms with Crippen LogP contribution in [0.4, 0.5) is 11.4 Å². The van der Waals surface area contributed by atoms with Crippen LogP contribution in [0.5, 0.6) is 0 Å². The molecule has 0 saturated carbocycles. The van der Waals surface area contributed by atoms with Crippen LogP contribution in [0.2, 0.25) is 0 Å². The Hall–Kier alpha value is -5.15. The smallest absolute Gasteiger partial charge is 0.354 e. The van der Waals surface area contributed by atoms with Crippen molar-refractivity contribution in [1.82, 2.24) is 13.9 Å². The molecule has 0 fully saturated rings. The SMILES string of the molecule is CC(C)(C)C(=O)C(Cl)(C(=O)Nc1cccc(NCc2ccccc2)c1)n1c(=O)n(Cc2ccccc2)n(-c2ccccc2)c1=O. The van der Waals surface area contributed by atoms with Crippen LogP contribution in [0, 0.1) is 5.41 Å². The van der Waals surface area contributed by atoms with Crippen LogP contribution in [-0.4, -0.2) is 25.6 Å². The monoisotopic (exact) mass is 623 g/mol. The van der Waals surface area contributed by atoms with Crippen molar-refractivity contribution in [3.8, 4) is 5.69 Å². The summed E-state index contributed by atoms with van der Waals surface area (Å²) in [6.45, 7) is 5.27. The first kappa shape index (κ1) is 31.3. The maximum atomic E-state index is 14.2. The van der Waals surface area contributed by atoms with Gasteiger partial charge in [-0.3, -0.25) is 9.59 Å². The van der Waals surface area contributed by atoms with Crippen molar-refractivity contribution in [1.29, 1.82) is 0 Å². The molecule has 1 heterocycles. The van der Waals surface area contributed by atoms with E-state index in [9.17, 15) is 19.2 Å². The molecule has 0 bridgehead atoms. The molecule has 4 aromatic carbocycles. The molecule has 0 aliphatic rings. The van der Waals surface area contributed by atoms with Gasteiger partial charge in [0.15, 0.2) is 5.78 Å². The molecular formula is C35H34ClN5O4. The first-order chi connectivity index (χ1) is 21.5. The highest BCUT2D eigenvalue weighted by molar-refractivity contribution is 6.45. The van der Waals surface area contributed by atoms with Gasteiger partial charge < -0.3 is 10.6 Å². The van der Waals surface area contributed by atoms with Crippen LogP contribution in [0.15, 0.2) is 125 Å².